The van der Waals surface area contributed by atoms with Crippen LogP contribution in [0.15, 0.2) is 41.6 Å². The van der Waals surface area contributed by atoms with Crippen molar-refractivity contribution in [1.29, 1.82) is 0 Å². The second-order valence-corrected chi connectivity index (χ2v) is 6.79. The molecular formula is C18H18FN5O3. The number of benzene rings is 1. The van der Waals surface area contributed by atoms with Crippen LogP contribution >= 0.6 is 0 Å². The molecule has 1 saturated heterocycles. The number of aliphatic hydroxyl groups is 1. The smallest absolute Gasteiger partial charge is 0.261 e. The summed E-state index contributed by atoms with van der Waals surface area (Å²) in [6.07, 6.45) is 3.46. The lowest BCUT2D eigenvalue weighted by molar-refractivity contribution is -0.0307. The van der Waals surface area contributed by atoms with Crippen molar-refractivity contribution >= 4 is 16.9 Å². The van der Waals surface area contributed by atoms with E-state index in [1.807, 2.05) is 0 Å². The molecule has 0 radical (unpaired) electrons. The first-order chi connectivity index (χ1) is 13.0. The van der Waals surface area contributed by atoms with Gasteiger partial charge in [0.25, 0.3) is 11.5 Å². The predicted octanol–water partition coefficient (Wildman–Crippen LogP) is 0.926. The number of hydrogen-bond acceptors (Lipinski definition) is 5. The molecule has 8 nitrogen and oxygen atoms in total. The van der Waals surface area contributed by atoms with Crippen LogP contribution in [0.5, 0.6) is 0 Å². The molecule has 1 fully saturated rings. The summed E-state index contributed by atoms with van der Waals surface area (Å²) in [4.78, 5) is 32.5. The Bertz CT molecular complexity index is 1040. The minimum absolute atomic E-state index is 0.185. The Balaban J connectivity index is 1.46. The van der Waals surface area contributed by atoms with Crippen molar-refractivity contribution in [2.75, 3.05) is 13.1 Å². The summed E-state index contributed by atoms with van der Waals surface area (Å²) < 4.78 is 14.5. The molecule has 0 bridgehead atoms. The summed E-state index contributed by atoms with van der Waals surface area (Å²) in [7, 11) is 0. The lowest BCUT2D eigenvalue weighted by Gasteiger charge is -2.38. The lowest BCUT2D eigenvalue weighted by Crippen LogP contribution is -2.48. The molecule has 0 unspecified atom stereocenters. The Kier molecular flexibility index (Phi) is 4.23. The first kappa shape index (κ1) is 17.3. The third-order valence-corrected chi connectivity index (χ3v) is 4.96. The molecule has 0 spiro atoms. The first-order valence-electron chi connectivity index (χ1n) is 8.62. The van der Waals surface area contributed by atoms with E-state index in [4.69, 9.17) is 0 Å². The van der Waals surface area contributed by atoms with Crippen LogP contribution in [0.25, 0.3) is 11.0 Å². The van der Waals surface area contributed by atoms with Crippen molar-refractivity contribution in [1.82, 2.24) is 24.6 Å². The van der Waals surface area contributed by atoms with Gasteiger partial charge in [0.15, 0.2) is 5.65 Å². The Hall–Kier alpha value is -3.07. The molecule has 1 aliphatic rings. The van der Waals surface area contributed by atoms with Gasteiger partial charge in [-0.3, -0.25) is 9.59 Å². The number of halogens is 1. The number of nitrogens with one attached hydrogen (secondary N) is 1. The number of rotatable bonds is 3. The quantitative estimate of drug-likeness (QED) is 0.713. The zero-order valence-electron chi connectivity index (χ0n) is 14.4. The van der Waals surface area contributed by atoms with Gasteiger partial charge >= 0.3 is 0 Å². The Morgan fingerprint density at radius 1 is 1.26 bits per heavy atom. The van der Waals surface area contributed by atoms with Crippen LogP contribution in [0, 0.1) is 5.82 Å². The normalized spacial score (nSPS) is 16.6. The van der Waals surface area contributed by atoms with Gasteiger partial charge in [-0.15, -0.1) is 0 Å². The van der Waals surface area contributed by atoms with Gasteiger partial charge in [0.05, 0.1) is 24.7 Å². The van der Waals surface area contributed by atoms with Crippen molar-refractivity contribution in [2.24, 2.45) is 0 Å². The van der Waals surface area contributed by atoms with E-state index in [0.717, 1.165) is 0 Å². The van der Waals surface area contributed by atoms with Crippen LogP contribution in [-0.4, -0.2) is 54.4 Å². The fourth-order valence-corrected chi connectivity index (χ4v) is 3.36. The molecule has 2 aromatic heterocycles. The molecule has 1 amide bonds. The maximum atomic E-state index is 13.0. The number of nitrogens with zero attached hydrogens (tertiary/aromatic N) is 4. The molecule has 0 saturated carbocycles. The van der Waals surface area contributed by atoms with Gasteiger partial charge < -0.3 is 15.0 Å². The van der Waals surface area contributed by atoms with E-state index in [2.05, 4.69) is 15.1 Å². The molecule has 9 heteroatoms. The average Bonchev–Trinajstić information content (AvgIpc) is 3.06. The topological polar surface area (TPSA) is 104 Å². The van der Waals surface area contributed by atoms with E-state index in [1.54, 1.807) is 4.90 Å². The van der Waals surface area contributed by atoms with E-state index < -0.39 is 11.4 Å². The lowest BCUT2D eigenvalue weighted by atomic mass is 9.91. The summed E-state index contributed by atoms with van der Waals surface area (Å²) in [5, 5.41) is 15.4. The van der Waals surface area contributed by atoms with E-state index in [1.165, 1.54) is 41.5 Å². The molecule has 27 heavy (non-hydrogen) atoms. The maximum absolute atomic E-state index is 13.0. The summed E-state index contributed by atoms with van der Waals surface area (Å²) in [6, 6.07) is 5.42. The Morgan fingerprint density at radius 2 is 1.96 bits per heavy atom. The summed E-state index contributed by atoms with van der Waals surface area (Å²) in [5.74, 6) is -0.576. The van der Waals surface area contributed by atoms with Gasteiger partial charge in [-0.2, -0.15) is 5.10 Å². The molecular weight excluding hydrogens is 353 g/mol. The molecule has 3 aromatic rings. The molecule has 3 heterocycles. The van der Waals surface area contributed by atoms with Gasteiger partial charge in [-0.05, 0) is 37.1 Å². The standard InChI is InChI=1S/C18H18FN5O3/c19-13-3-1-12(2-4-13)17(26)23-7-5-18(27,6-8-23)10-24-15-14(9-22-24)16(25)21-11-20-15/h1-4,9,11,27H,5-8,10H2,(H,20,21,25). The van der Waals surface area contributed by atoms with E-state index in [-0.39, 0.29) is 18.0 Å². The molecule has 1 aromatic carbocycles. The van der Waals surface area contributed by atoms with Crippen molar-refractivity contribution in [2.45, 2.75) is 25.0 Å². The Labute approximate surface area is 153 Å². The van der Waals surface area contributed by atoms with Crippen LogP contribution in [0.1, 0.15) is 23.2 Å². The number of aromatic amines is 1. The number of carbonyl (C=O) groups is 1. The molecule has 140 valence electrons. The SMILES string of the molecule is O=C(c1ccc(F)cc1)N1CCC(O)(Cn2ncc3c(=O)[nH]cnc32)CC1. The van der Waals surface area contributed by atoms with Gasteiger partial charge in [-0.1, -0.05) is 0 Å². The fraction of sp³-hybridized carbons (Fsp3) is 0.333. The Morgan fingerprint density at radius 3 is 2.67 bits per heavy atom. The molecule has 0 aliphatic carbocycles. The van der Waals surface area contributed by atoms with Gasteiger partial charge in [0.1, 0.15) is 11.2 Å². The summed E-state index contributed by atoms with van der Waals surface area (Å²) >= 11 is 0. The largest absolute Gasteiger partial charge is 0.388 e. The average molecular weight is 371 g/mol. The third kappa shape index (κ3) is 3.33. The number of hydrogen-bond donors (Lipinski definition) is 2. The van der Waals surface area contributed by atoms with E-state index >= 15 is 0 Å². The first-order valence-corrected chi connectivity index (χ1v) is 8.62. The van der Waals surface area contributed by atoms with E-state index in [9.17, 15) is 19.1 Å². The van der Waals surface area contributed by atoms with Crippen molar-refractivity contribution in [3.05, 3.63) is 58.5 Å². The van der Waals surface area contributed by atoms with Crippen LogP contribution in [0.4, 0.5) is 4.39 Å². The van der Waals surface area contributed by atoms with Crippen molar-refractivity contribution in [3.8, 4) is 0 Å². The fourth-order valence-electron chi connectivity index (χ4n) is 3.36. The predicted molar refractivity (Wildman–Crippen MR) is 94.6 cm³/mol. The number of carbonyl (C=O) groups excluding carboxylic acids is 1. The highest BCUT2D eigenvalue weighted by Crippen LogP contribution is 2.26. The molecule has 2 N–H and O–H groups in total. The third-order valence-electron chi connectivity index (χ3n) is 4.96. The highest BCUT2D eigenvalue weighted by molar-refractivity contribution is 5.94. The van der Waals surface area contributed by atoms with Crippen LogP contribution in [0.3, 0.4) is 0 Å². The van der Waals surface area contributed by atoms with Crippen LogP contribution in [-0.2, 0) is 6.54 Å². The minimum atomic E-state index is -1.05. The minimum Gasteiger partial charge on any atom is -0.388 e. The molecule has 0 atom stereocenters. The van der Waals surface area contributed by atoms with Gasteiger partial charge in [-0.25, -0.2) is 14.1 Å². The van der Waals surface area contributed by atoms with E-state index in [0.29, 0.717) is 42.5 Å². The molecule has 1 aliphatic heterocycles. The highest BCUT2D eigenvalue weighted by atomic mass is 19.1. The maximum Gasteiger partial charge on any atom is 0.261 e. The monoisotopic (exact) mass is 371 g/mol. The van der Waals surface area contributed by atoms with Gasteiger partial charge in [0.2, 0.25) is 0 Å². The molecule has 4 rings (SSSR count). The van der Waals surface area contributed by atoms with Gasteiger partial charge in [0, 0.05) is 18.7 Å². The zero-order valence-corrected chi connectivity index (χ0v) is 14.4. The summed E-state index contributed by atoms with van der Waals surface area (Å²) in [6.45, 7) is 0.936. The number of amides is 1. The number of piperidine rings is 1. The van der Waals surface area contributed by atoms with Crippen LogP contribution in [0.2, 0.25) is 0 Å². The second kappa shape index (κ2) is 6.58. The number of likely N-dealkylation sites (tertiary alicyclic amines) is 1. The highest BCUT2D eigenvalue weighted by Gasteiger charge is 2.35. The summed E-state index contributed by atoms with van der Waals surface area (Å²) in [5.41, 5.74) is -0.499. The van der Waals surface area contributed by atoms with Crippen LogP contribution < -0.4 is 5.56 Å². The second-order valence-electron chi connectivity index (χ2n) is 6.79. The van der Waals surface area contributed by atoms with Crippen molar-refractivity contribution in [3.63, 3.8) is 0 Å². The number of H-pyrrole nitrogens is 1. The number of fused-ring (bicyclic) bond motifs is 1. The number of aromatic nitrogens is 4. The zero-order chi connectivity index (χ0) is 19.0. The van der Waals surface area contributed by atoms with Crippen molar-refractivity contribution < 1.29 is 14.3 Å².